The minimum absolute atomic E-state index is 0.0577. The molecule has 3 aromatic rings. The first-order valence-electron chi connectivity index (χ1n) is 8.96. The summed E-state index contributed by atoms with van der Waals surface area (Å²) in [6.07, 6.45) is 2.97. The van der Waals surface area contributed by atoms with Crippen LogP contribution in [0.3, 0.4) is 0 Å². The van der Waals surface area contributed by atoms with Gasteiger partial charge in [0.15, 0.2) is 11.5 Å². The molecule has 0 amide bonds. The molecule has 3 rings (SSSR count). The summed E-state index contributed by atoms with van der Waals surface area (Å²) in [6.45, 7) is 0.311. The van der Waals surface area contributed by atoms with Crippen LogP contribution in [0.25, 0.3) is 6.08 Å². The average Bonchev–Trinajstić information content (AvgIpc) is 3.23. The number of rotatable bonds is 9. The van der Waals surface area contributed by atoms with Crippen LogP contribution in [-0.4, -0.2) is 25.2 Å². The van der Waals surface area contributed by atoms with Gasteiger partial charge in [-0.2, -0.15) is 0 Å². The number of ether oxygens (including phenoxy) is 4. The van der Waals surface area contributed by atoms with Gasteiger partial charge in [-0.05, 0) is 48.0 Å². The van der Waals surface area contributed by atoms with Crippen molar-refractivity contribution in [1.29, 1.82) is 0 Å². The summed E-state index contributed by atoms with van der Waals surface area (Å²) < 4.78 is 34.1. The summed E-state index contributed by atoms with van der Waals surface area (Å²) in [4.78, 5) is 16.3. The maximum absolute atomic E-state index is 12.9. The number of aromatic nitrogens is 1. The van der Waals surface area contributed by atoms with Crippen molar-refractivity contribution >= 4 is 23.4 Å². The van der Waals surface area contributed by atoms with Crippen LogP contribution in [0.15, 0.2) is 53.9 Å². The van der Waals surface area contributed by atoms with Gasteiger partial charge in [-0.3, -0.25) is 0 Å². The zero-order valence-electron chi connectivity index (χ0n) is 16.5. The van der Waals surface area contributed by atoms with Crippen molar-refractivity contribution in [3.05, 3.63) is 76.0 Å². The second-order valence-electron chi connectivity index (χ2n) is 6.03. The summed E-state index contributed by atoms with van der Waals surface area (Å²) in [5.41, 5.74) is 1.41. The van der Waals surface area contributed by atoms with Crippen LogP contribution in [0.1, 0.15) is 16.3 Å². The Morgan fingerprint density at radius 2 is 1.83 bits per heavy atom. The molecule has 0 bridgehead atoms. The van der Waals surface area contributed by atoms with E-state index in [1.807, 2.05) is 0 Å². The summed E-state index contributed by atoms with van der Waals surface area (Å²) in [5, 5.41) is 2.53. The van der Waals surface area contributed by atoms with Gasteiger partial charge < -0.3 is 18.9 Å². The summed E-state index contributed by atoms with van der Waals surface area (Å²) in [7, 11) is 3.11. The fourth-order valence-corrected chi connectivity index (χ4v) is 3.16. The third-order valence-corrected chi connectivity index (χ3v) is 4.83. The highest BCUT2D eigenvalue weighted by Crippen LogP contribution is 2.28. The number of nitrogens with zero attached hydrogens (tertiary/aromatic N) is 1. The lowest BCUT2D eigenvalue weighted by Crippen LogP contribution is -2.01. The highest BCUT2D eigenvalue weighted by atomic mass is 32.1. The molecule has 0 spiro atoms. The molecule has 0 saturated heterocycles. The molecule has 0 unspecified atom stereocenters. The molecule has 0 saturated carbocycles. The van der Waals surface area contributed by atoms with Crippen LogP contribution in [0, 0.1) is 5.82 Å². The fraction of sp³-hybridized carbons (Fsp3) is 0.182. The fourth-order valence-electron chi connectivity index (χ4n) is 2.47. The Morgan fingerprint density at radius 3 is 2.57 bits per heavy atom. The number of hydrogen-bond acceptors (Lipinski definition) is 7. The molecule has 6 nitrogen and oxygen atoms in total. The lowest BCUT2D eigenvalue weighted by Gasteiger charge is -2.07. The minimum Gasteiger partial charge on any atom is -0.493 e. The number of methoxy groups -OCH3 is 2. The topological polar surface area (TPSA) is 66.9 Å². The Morgan fingerprint density at radius 1 is 1.07 bits per heavy atom. The lowest BCUT2D eigenvalue weighted by atomic mass is 10.2. The molecule has 30 heavy (non-hydrogen) atoms. The van der Waals surface area contributed by atoms with Crippen LogP contribution < -0.4 is 14.2 Å². The molecule has 156 valence electrons. The van der Waals surface area contributed by atoms with Gasteiger partial charge in [0.05, 0.1) is 19.9 Å². The lowest BCUT2D eigenvalue weighted by molar-refractivity contribution is -0.139. The molecular weight excluding hydrogens is 409 g/mol. The molecular formula is C22H20FNO5S. The molecule has 1 heterocycles. The van der Waals surface area contributed by atoms with E-state index in [4.69, 9.17) is 18.9 Å². The number of carbonyl (C=O) groups is 1. The highest BCUT2D eigenvalue weighted by Gasteiger charge is 2.07. The van der Waals surface area contributed by atoms with Crippen LogP contribution in [-0.2, 0) is 22.7 Å². The average molecular weight is 429 g/mol. The van der Waals surface area contributed by atoms with E-state index < -0.39 is 5.97 Å². The first kappa shape index (κ1) is 21.3. The van der Waals surface area contributed by atoms with Gasteiger partial charge in [0.25, 0.3) is 0 Å². The molecule has 0 radical (unpaired) electrons. The monoisotopic (exact) mass is 429 g/mol. The number of carbonyl (C=O) groups excluding carboxylic acids is 1. The van der Waals surface area contributed by atoms with E-state index in [9.17, 15) is 9.18 Å². The number of thiazole rings is 1. The molecule has 0 aliphatic heterocycles. The van der Waals surface area contributed by atoms with Crippen molar-refractivity contribution in [1.82, 2.24) is 4.98 Å². The van der Waals surface area contributed by atoms with Gasteiger partial charge in [0, 0.05) is 11.5 Å². The maximum Gasteiger partial charge on any atom is 0.331 e. The largest absolute Gasteiger partial charge is 0.493 e. The third-order valence-electron chi connectivity index (χ3n) is 3.96. The van der Waals surface area contributed by atoms with Gasteiger partial charge in [-0.1, -0.05) is 6.07 Å². The van der Waals surface area contributed by atoms with Crippen LogP contribution >= 0.6 is 11.3 Å². The van der Waals surface area contributed by atoms with E-state index in [0.29, 0.717) is 22.9 Å². The SMILES string of the molecule is COc1ccc(/C=C/C(=O)OCc2csc(COc3ccc(F)cc3)n2)cc1OC. The molecule has 2 aromatic carbocycles. The standard InChI is InChI=1S/C22H20FNO5S/c1-26-19-9-3-15(11-20(19)27-2)4-10-22(25)29-12-17-14-30-21(24-17)13-28-18-7-5-16(23)6-8-18/h3-11,14H,12-13H2,1-2H3/b10-4+. The van der Waals surface area contributed by atoms with Gasteiger partial charge in [0.2, 0.25) is 0 Å². The van der Waals surface area contributed by atoms with Gasteiger partial charge in [-0.25, -0.2) is 14.2 Å². The first-order chi connectivity index (χ1) is 14.6. The summed E-state index contributed by atoms with van der Waals surface area (Å²) in [6, 6.07) is 11.1. The molecule has 0 aliphatic carbocycles. The number of benzene rings is 2. The van der Waals surface area contributed by atoms with E-state index >= 15 is 0 Å². The quantitative estimate of drug-likeness (QED) is 0.365. The molecule has 0 aliphatic rings. The molecule has 0 fully saturated rings. The Labute approximate surface area is 177 Å². The van der Waals surface area contributed by atoms with Crippen molar-refractivity contribution in [2.24, 2.45) is 0 Å². The van der Waals surface area contributed by atoms with Crippen molar-refractivity contribution in [2.75, 3.05) is 14.2 Å². The van der Waals surface area contributed by atoms with Crippen molar-refractivity contribution in [3.8, 4) is 17.2 Å². The number of halogens is 1. The predicted molar refractivity (Wildman–Crippen MR) is 111 cm³/mol. The van der Waals surface area contributed by atoms with Gasteiger partial charge in [0.1, 0.15) is 29.8 Å². The maximum atomic E-state index is 12.9. The Kier molecular flexibility index (Phi) is 7.40. The van der Waals surface area contributed by atoms with E-state index in [-0.39, 0.29) is 19.0 Å². The normalized spacial score (nSPS) is 10.8. The van der Waals surface area contributed by atoms with E-state index in [2.05, 4.69) is 4.98 Å². The van der Waals surface area contributed by atoms with Crippen molar-refractivity contribution in [3.63, 3.8) is 0 Å². The first-order valence-corrected chi connectivity index (χ1v) is 9.84. The van der Waals surface area contributed by atoms with Crippen LogP contribution in [0.4, 0.5) is 4.39 Å². The Bertz CT molecular complexity index is 1020. The summed E-state index contributed by atoms with van der Waals surface area (Å²) in [5.74, 6) is 0.938. The van der Waals surface area contributed by atoms with Crippen molar-refractivity contribution in [2.45, 2.75) is 13.2 Å². The second-order valence-corrected chi connectivity index (χ2v) is 6.97. The van der Waals surface area contributed by atoms with E-state index in [1.165, 1.54) is 29.5 Å². The zero-order valence-corrected chi connectivity index (χ0v) is 17.3. The third kappa shape index (κ3) is 6.05. The highest BCUT2D eigenvalue weighted by molar-refractivity contribution is 7.09. The Hall–Kier alpha value is -3.39. The molecule has 8 heteroatoms. The molecule has 0 atom stereocenters. The smallest absolute Gasteiger partial charge is 0.331 e. The predicted octanol–water partition coefficient (Wildman–Crippen LogP) is 4.64. The number of hydrogen-bond donors (Lipinski definition) is 0. The van der Waals surface area contributed by atoms with Crippen LogP contribution in [0.5, 0.6) is 17.2 Å². The van der Waals surface area contributed by atoms with Crippen molar-refractivity contribution < 1.29 is 28.1 Å². The van der Waals surface area contributed by atoms with Gasteiger partial charge in [-0.15, -0.1) is 11.3 Å². The molecule has 0 N–H and O–H groups in total. The molecule has 1 aromatic heterocycles. The van der Waals surface area contributed by atoms with Crippen LogP contribution in [0.2, 0.25) is 0 Å². The van der Waals surface area contributed by atoms with E-state index in [0.717, 1.165) is 10.6 Å². The number of esters is 1. The Balaban J connectivity index is 1.48. The summed E-state index contributed by atoms with van der Waals surface area (Å²) >= 11 is 1.40. The van der Waals surface area contributed by atoms with E-state index in [1.54, 1.807) is 56.0 Å². The van der Waals surface area contributed by atoms with Gasteiger partial charge >= 0.3 is 5.97 Å². The second kappa shape index (κ2) is 10.4. The zero-order chi connectivity index (χ0) is 21.3. The minimum atomic E-state index is -0.484.